The second-order valence-electron chi connectivity index (χ2n) is 8.37. The quantitative estimate of drug-likeness (QED) is 0.453. The molecule has 3 unspecified atom stereocenters. The fourth-order valence-corrected chi connectivity index (χ4v) is 4.03. The molecule has 0 bridgehead atoms. The van der Waals surface area contributed by atoms with E-state index in [1.807, 2.05) is 0 Å². The summed E-state index contributed by atoms with van der Waals surface area (Å²) >= 11 is 0. The Labute approximate surface area is 200 Å². The molecule has 36 heavy (non-hydrogen) atoms. The molecule has 13 heteroatoms. The lowest BCUT2D eigenvalue weighted by molar-refractivity contribution is -0.153. The molecular formula is C23H21F5N4O4. The lowest BCUT2D eigenvalue weighted by Crippen LogP contribution is -2.46. The minimum Gasteiger partial charge on any atom is -0.389 e. The van der Waals surface area contributed by atoms with Crippen LogP contribution in [0.25, 0.3) is 16.7 Å². The number of benzene rings is 1. The number of hydrogen-bond donors (Lipinski definition) is 3. The van der Waals surface area contributed by atoms with E-state index in [-0.39, 0.29) is 29.9 Å². The van der Waals surface area contributed by atoms with Crippen LogP contribution < -0.4 is 15.6 Å². The van der Waals surface area contributed by atoms with Crippen molar-refractivity contribution in [3.8, 4) is 5.69 Å². The molecular weight excluding hydrogens is 491 g/mol. The van der Waals surface area contributed by atoms with Crippen LogP contribution in [0.4, 0.5) is 27.8 Å². The monoisotopic (exact) mass is 512 g/mol. The van der Waals surface area contributed by atoms with Gasteiger partial charge in [-0.05, 0) is 30.7 Å². The third kappa shape index (κ3) is 4.63. The number of pyridine rings is 2. The predicted octanol–water partition coefficient (Wildman–Crippen LogP) is 2.28. The minimum absolute atomic E-state index is 0.00565. The molecule has 0 aliphatic carbocycles. The number of aliphatic hydroxyl groups is 2. The minimum atomic E-state index is -4.78. The zero-order valence-corrected chi connectivity index (χ0v) is 18.8. The van der Waals surface area contributed by atoms with Gasteiger partial charge in [-0.2, -0.15) is 13.2 Å². The van der Waals surface area contributed by atoms with Crippen LogP contribution in [0.1, 0.15) is 23.7 Å². The number of hydrogen-bond acceptors (Lipinski definition) is 6. The van der Waals surface area contributed by atoms with Gasteiger partial charge in [0.05, 0.1) is 17.6 Å². The molecule has 0 saturated carbocycles. The van der Waals surface area contributed by atoms with E-state index in [4.69, 9.17) is 0 Å². The standard InChI is InChI=1S/C23H21F5N4O4/c1-2-17(23(26,27)28)29-22(36)12-8-32(19-13(24)4-3-5-14(19)25)21-11(20(12)35)6-7-18(30-21)31-9-15(33)16(34)10-31/h3-8,15-17,33-34H,2,9-10H2,1H3,(H,29,36). The van der Waals surface area contributed by atoms with Gasteiger partial charge in [-0.25, -0.2) is 13.8 Å². The van der Waals surface area contributed by atoms with Gasteiger partial charge in [-0.15, -0.1) is 0 Å². The van der Waals surface area contributed by atoms with Crippen molar-refractivity contribution < 1.29 is 37.0 Å². The molecule has 1 saturated heterocycles. The summed E-state index contributed by atoms with van der Waals surface area (Å²) in [5.74, 6) is -3.37. The van der Waals surface area contributed by atoms with E-state index in [1.165, 1.54) is 24.0 Å². The van der Waals surface area contributed by atoms with Gasteiger partial charge in [-0.3, -0.25) is 14.2 Å². The summed E-state index contributed by atoms with van der Waals surface area (Å²) in [6.07, 6.45) is -6.68. The summed E-state index contributed by atoms with van der Waals surface area (Å²) in [7, 11) is 0. The molecule has 2 aromatic heterocycles. The molecule has 3 atom stereocenters. The van der Waals surface area contributed by atoms with Crippen molar-refractivity contribution in [3.05, 3.63) is 63.9 Å². The lowest BCUT2D eigenvalue weighted by Gasteiger charge is -2.21. The van der Waals surface area contributed by atoms with Gasteiger partial charge in [0.15, 0.2) is 5.65 Å². The van der Waals surface area contributed by atoms with Crippen molar-refractivity contribution in [2.45, 2.75) is 37.8 Å². The number of aromatic nitrogens is 2. The van der Waals surface area contributed by atoms with Gasteiger partial charge in [0.25, 0.3) is 5.91 Å². The van der Waals surface area contributed by atoms with Crippen molar-refractivity contribution >= 4 is 22.8 Å². The SMILES string of the molecule is CCC(NC(=O)c1cn(-c2c(F)cccc2F)c2nc(N3CC(O)C(O)C3)ccc2c1=O)C(F)(F)F. The van der Waals surface area contributed by atoms with Gasteiger partial charge >= 0.3 is 6.18 Å². The average molecular weight is 512 g/mol. The Bertz CT molecular complexity index is 1350. The largest absolute Gasteiger partial charge is 0.408 e. The summed E-state index contributed by atoms with van der Waals surface area (Å²) in [5, 5.41) is 21.2. The summed E-state index contributed by atoms with van der Waals surface area (Å²) in [6, 6.07) is 3.25. The van der Waals surface area contributed by atoms with Crippen molar-refractivity contribution in [2.24, 2.45) is 0 Å². The third-order valence-corrected chi connectivity index (χ3v) is 5.95. The molecule has 1 aliphatic heterocycles. The van der Waals surface area contributed by atoms with Crippen LogP contribution in [0.2, 0.25) is 0 Å². The number of carbonyl (C=O) groups excluding carboxylic acids is 1. The fourth-order valence-electron chi connectivity index (χ4n) is 4.03. The number of halogens is 5. The van der Waals surface area contributed by atoms with E-state index in [0.29, 0.717) is 0 Å². The number of anilines is 1. The molecule has 4 rings (SSSR count). The van der Waals surface area contributed by atoms with Crippen LogP contribution >= 0.6 is 0 Å². The first-order valence-corrected chi connectivity index (χ1v) is 10.9. The van der Waals surface area contributed by atoms with E-state index in [0.717, 1.165) is 29.0 Å². The van der Waals surface area contributed by atoms with Crippen molar-refractivity contribution in [2.75, 3.05) is 18.0 Å². The number of aliphatic hydroxyl groups excluding tert-OH is 2. The Morgan fingerprint density at radius 2 is 1.75 bits per heavy atom. The zero-order chi connectivity index (χ0) is 26.4. The zero-order valence-electron chi connectivity index (χ0n) is 18.8. The summed E-state index contributed by atoms with van der Waals surface area (Å²) in [6.45, 7) is 1.19. The normalized spacial score (nSPS) is 19.1. The number of nitrogens with zero attached hydrogens (tertiary/aromatic N) is 3. The molecule has 8 nitrogen and oxygen atoms in total. The first-order valence-electron chi connectivity index (χ1n) is 10.9. The van der Waals surface area contributed by atoms with Crippen LogP contribution in [-0.4, -0.2) is 63.2 Å². The van der Waals surface area contributed by atoms with Crippen molar-refractivity contribution in [3.63, 3.8) is 0 Å². The van der Waals surface area contributed by atoms with Gasteiger partial charge in [-0.1, -0.05) is 13.0 Å². The highest BCUT2D eigenvalue weighted by Crippen LogP contribution is 2.26. The van der Waals surface area contributed by atoms with Crippen LogP contribution in [0.5, 0.6) is 0 Å². The Kier molecular flexibility index (Phi) is 6.71. The van der Waals surface area contributed by atoms with Crippen LogP contribution in [0.15, 0.2) is 41.3 Å². The summed E-state index contributed by atoms with van der Waals surface area (Å²) < 4.78 is 69.8. The van der Waals surface area contributed by atoms with E-state index < -0.39 is 65.1 Å². The maximum Gasteiger partial charge on any atom is 0.408 e. The Morgan fingerprint density at radius 1 is 1.14 bits per heavy atom. The molecule has 0 radical (unpaired) electrons. The molecule has 1 aromatic carbocycles. The summed E-state index contributed by atoms with van der Waals surface area (Å²) in [5.41, 5.74) is -2.75. The second-order valence-corrected chi connectivity index (χ2v) is 8.37. The van der Waals surface area contributed by atoms with E-state index >= 15 is 0 Å². The van der Waals surface area contributed by atoms with E-state index in [1.54, 1.807) is 5.32 Å². The topological polar surface area (TPSA) is 108 Å². The van der Waals surface area contributed by atoms with Crippen LogP contribution in [-0.2, 0) is 0 Å². The molecule has 3 heterocycles. The molecule has 0 spiro atoms. The fraction of sp³-hybridized carbons (Fsp3) is 0.348. The predicted molar refractivity (Wildman–Crippen MR) is 119 cm³/mol. The maximum atomic E-state index is 14.7. The van der Waals surface area contributed by atoms with Crippen molar-refractivity contribution in [1.29, 1.82) is 0 Å². The van der Waals surface area contributed by atoms with Crippen LogP contribution in [0, 0.1) is 11.6 Å². The molecule has 1 fully saturated rings. The highest BCUT2D eigenvalue weighted by Gasteiger charge is 2.40. The Morgan fingerprint density at radius 3 is 2.31 bits per heavy atom. The number of β-amino-alcohol motifs (C(OH)–C–C–N with tert-alkyl or cyclic N) is 2. The van der Waals surface area contributed by atoms with Gasteiger partial charge < -0.3 is 20.4 Å². The van der Waals surface area contributed by atoms with E-state index in [9.17, 15) is 41.8 Å². The first kappa shape index (κ1) is 25.5. The number of para-hydroxylation sites is 1. The lowest BCUT2D eigenvalue weighted by atomic mass is 10.1. The molecule has 3 N–H and O–H groups in total. The number of nitrogens with one attached hydrogen (secondary N) is 1. The van der Waals surface area contributed by atoms with Crippen LogP contribution in [0.3, 0.4) is 0 Å². The Balaban J connectivity index is 1.92. The van der Waals surface area contributed by atoms with Crippen molar-refractivity contribution in [1.82, 2.24) is 14.9 Å². The third-order valence-electron chi connectivity index (χ3n) is 5.95. The summed E-state index contributed by atoms with van der Waals surface area (Å²) in [4.78, 5) is 31.6. The van der Waals surface area contributed by atoms with Gasteiger partial charge in [0.2, 0.25) is 5.43 Å². The molecule has 1 amide bonds. The molecule has 192 valence electrons. The second kappa shape index (κ2) is 9.47. The molecule has 1 aliphatic rings. The van der Waals surface area contributed by atoms with E-state index in [2.05, 4.69) is 4.98 Å². The Hall–Kier alpha value is -3.58. The smallest absolute Gasteiger partial charge is 0.389 e. The average Bonchev–Trinajstić information content (AvgIpc) is 3.15. The number of amides is 1. The maximum absolute atomic E-state index is 14.7. The number of alkyl halides is 3. The molecule has 3 aromatic rings. The van der Waals surface area contributed by atoms with Gasteiger partial charge in [0, 0.05) is 19.3 Å². The first-order chi connectivity index (χ1) is 16.9. The number of rotatable bonds is 5. The number of fused-ring (bicyclic) bond motifs is 1. The van der Waals surface area contributed by atoms with Gasteiger partial charge in [0.1, 0.15) is 34.7 Å². The highest BCUT2D eigenvalue weighted by molar-refractivity contribution is 5.97. The highest BCUT2D eigenvalue weighted by atomic mass is 19.4. The number of carbonyl (C=O) groups is 1.